The molecule has 0 spiro atoms. The van der Waals surface area contributed by atoms with E-state index in [1.807, 2.05) is 6.92 Å². The second-order valence-electron chi connectivity index (χ2n) is 5.92. The molecule has 1 heterocycles. The highest BCUT2D eigenvalue weighted by Gasteiger charge is 2.39. The molecule has 4 heteroatoms. The molecule has 110 valence electrons. The van der Waals surface area contributed by atoms with Crippen molar-refractivity contribution in [1.82, 2.24) is 4.90 Å². The lowest BCUT2D eigenvalue weighted by atomic mass is 9.81. The van der Waals surface area contributed by atoms with Crippen molar-refractivity contribution in [2.45, 2.75) is 39.2 Å². The Morgan fingerprint density at radius 1 is 1.45 bits per heavy atom. The van der Waals surface area contributed by atoms with E-state index in [0.717, 1.165) is 31.4 Å². The highest BCUT2D eigenvalue weighted by atomic mass is 19.1. The topological polar surface area (TPSA) is 40.5 Å². The number of likely N-dealkylation sites (tertiary alicyclic amines) is 1. The number of hydrogen-bond donors (Lipinski definition) is 1. The van der Waals surface area contributed by atoms with Crippen molar-refractivity contribution >= 4 is 5.97 Å². The van der Waals surface area contributed by atoms with Crippen LogP contribution in [0.3, 0.4) is 0 Å². The molecular weight excluding hydrogens is 257 g/mol. The summed E-state index contributed by atoms with van der Waals surface area (Å²) in [6.45, 7) is 5.36. The van der Waals surface area contributed by atoms with Gasteiger partial charge in [-0.05, 0) is 50.4 Å². The smallest absolute Gasteiger partial charge is 0.310 e. The molecule has 1 fully saturated rings. The van der Waals surface area contributed by atoms with E-state index in [9.17, 15) is 14.3 Å². The van der Waals surface area contributed by atoms with Crippen molar-refractivity contribution in [2.24, 2.45) is 5.41 Å². The van der Waals surface area contributed by atoms with E-state index < -0.39 is 11.4 Å². The normalized spacial score (nSPS) is 25.4. The van der Waals surface area contributed by atoms with Gasteiger partial charge in [-0.3, -0.25) is 9.69 Å². The van der Waals surface area contributed by atoms with Crippen LogP contribution in [-0.4, -0.2) is 29.1 Å². The number of carbonyl (C=O) groups is 1. The number of piperidine rings is 1. The van der Waals surface area contributed by atoms with Gasteiger partial charge in [0.25, 0.3) is 0 Å². The molecule has 0 aromatic heterocycles. The van der Waals surface area contributed by atoms with Gasteiger partial charge in [-0.1, -0.05) is 19.1 Å². The fourth-order valence-electron chi connectivity index (χ4n) is 3.11. The van der Waals surface area contributed by atoms with Crippen LogP contribution in [0.2, 0.25) is 0 Å². The number of hydrogen-bond acceptors (Lipinski definition) is 2. The number of carboxylic acid groups (broad SMARTS) is 1. The molecule has 2 unspecified atom stereocenters. The second kappa shape index (κ2) is 5.92. The first kappa shape index (κ1) is 15.0. The van der Waals surface area contributed by atoms with Crippen molar-refractivity contribution in [2.75, 3.05) is 13.1 Å². The Hall–Kier alpha value is -1.42. The molecule has 20 heavy (non-hydrogen) atoms. The largest absolute Gasteiger partial charge is 0.481 e. The molecule has 1 aliphatic rings. The first-order chi connectivity index (χ1) is 9.46. The Labute approximate surface area is 119 Å². The van der Waals surface area contributed by atoms with Crippen molar-refractivity contribution in [1.29, 1.82) is 0 Å². The lowest BCUT2D eigenvalue weighted by molar-refractivity contribution is -0.151. The van der Waals surface area contributed by atoms with Gasteiger partial charge in [-0.15, -0.1) is 0 Å². The van der Waals surface area contributed by atoms with Crippen molar-refractivity contribution in [3.05, 3.63) is 35.6 Å². The van der Waals surface area contributed by atoms with Gasteiger partial charge in [0.15, 0.2) is 0 Å². The third-order valence-corrected chi connectivity index (χ3v) is 4.32. The Morgan fingerprint density at radius 2 is 2.10 bits per heavy atom. The van der Waals surface area contributed by atoms with Gasteiger partial charge in [0, 0.05) is 12.6 Å². The summed E-state index contributed by atoms with van der Waals surface area (Å²) in [6.07, 6.45) is 2.50. The Kier molecular flexibility index (Phi) is 4.43. The van der Waals surface area contributed by atoms with E-state index in [-0.39, 0.29) is 11.9 Å². The standard InChI is InChI=1S/C16H22FNO2/c1-3-14(12-5-7-13(17)8-6-12)18-10-4-9-16(2,11-18)15(19)20/h5-8,14H,3-4,9-11H2,1-2H3,(H,19,20). The zero-order chi connectivity index (χ0) is 14.8. The van der Waals surface area contributed by atoms with E-state index in [0.29, 0.717) is 6.54 Å². The fraction of sp³-hybridized carbons (Fsp3) is 0.562. The molecule has 0 radical (unpaired) electrons. The molecule has 3 nitrogen and oxygen atoms in total. The van der Waals surface area contributed by atoms with E-state index in [1.165, 1.54) is 12.1 Å². The second-order valence-corrected chi connectivity index (χ2v) is 5.92. The molecule has 1 N–H and O–H groups in total. The predicted octanol–water partition coefficient (Wildman–Crippen LogP) is 3.46. The first-order valence-electron chi connectivity index (χ1n) is 7.19. The Balaban J connectivity index is 2.19. The highest BCUT2D eigenvalue weighted by molar-refractivity contribution is 5.74. The van der Waals surface area contributed by atoms with Crippen LogP contribution in [0.1, 0.15) is 44.7 Å². The van der Waals surface area contributed by atoms with Crippen LogP contribution >= 0.6 is 0 Å². The number of aliphatic carboxylic acids is 1. The summed E-state index contributed by atoms with van der Waals surface area (Å²) in [6, 6.07) is 6.71. The van der Waals surface area contributed by atoms with Crippen LogP contribution in [0.5, 0.6) is 0 Å². The summed E-state index contributed by atoms with van der Waals surface area (Å²) in [5.41, 5.74) is 0.384. The SMILES string of the molecule is CCC(c1ccc(F)cc1)N1CCCC(C)(C(=O)O)C1. The van der Waals surface area contributed by atoms with Crippen LogP contribution in [0, 0.1) is 11.2 Å². The van der Waals surface area contributed by atoms with Gasteiger partial charge in [0.2, 0.25) is 0 Å². The summed E-state index contributed by atoms with van der Waals surface area (Å²) >= 11 is 0. The molecule has 1 aromatic rings. The Morgan fingerprint density at radius 3 is 2.65 bits per heavy atom. The summed E-state index contributed by atoms with van der Waals surface area (Å²) in [7, 11) is 0. The van der Waals surface area contributed by atoms with Gasteiger partial charge in [0.1, 0.15) is 5.82 Å². The van der Waals surface area contributed by atoms with E-state index in [2.05, 4.69) is 11.8 Å². The molecular formula is C16H22FNO2. The number of carboxylic acids is 1. The van der Waals surface area contributed by atoms with Crippen LogP contribution in [0.15, 0.2) is 24.3 Å². The Bertz CT molecular complexity index is 474. The number of halogens is 1. The fourth-order valence-corrected chi connectivity index (χ4v) is 3.11. The lowest BCUT2D eigenvalue weighted by Gasteiger charge is -2.41. The highest BCUT2D eigenvalue weighted by Crippen LogP contribution is 2.35. The van der Waals surface area contributed by atoms with Gasteiger partial charge >= 0.3 is 5.97 Å². The van der Waals surface area contributed by atoms with Crippen LogP contribution in [-0.2, 0) is 4.79 Å². The summed E-state index contributed by atoms with van der Waals surface area (Å²) in [4.78, 5) is 13.7. The quantitative estimate of drug-likeness (QED) is 0.917. The third kappa shape index (κ3) is 3.01. The maximum atomic E-state index is 13.0. The van der Waals surface area contributed by atoms with Crippen molar-refractivity contribution in [3.8, 4) is 0 Å². The maximum Gasteiger partial charge on any atom is 0.310 e. The van der Waals surface area contributed by atoms with Crippen molar-refractivity contribution in [3.63, 3.8) is 0 Å². The van der Waals surface area contributed by atoms with Gasteiger partial charge in [0.05, 0.1) is 5.41 Å². The minimum absolute atomic E-state index is 0.162. The molecule has 0 saturated carbocycles. The molecule has 0 amide bonds. The van der Waals surface area contributed by atoms with Gasteiger partial charge < -0.3 is 5.11 Å². The monoisotopic (exact) mass is 279 g/mol. The summed E-state index contributed by atoms with van der Waals surface area (Å²) in [5, 5.41) is 9.40. The third-order valence-electron chi connectivity index (χ3n) is 4.32. The predicted molar refractivity (Wildman–Crippen MR) is 76.0 cm³/mol. The molecule has 1 saturated heterocycles. The zero-order valence-corrected chi connectivity index (χ0v) is 12.1. The average molecular weight is 279 g/mol. The minimum Gasteiger partial charge on any atom is -0.481 e. The van der Waals surface area contributed by atoms with Crippen LogP contribution < -0.4 is 0 Å². The molecule has 2 atom stereocenters. The molecule has 1 aromatic carbocycles. The van der Waals surface area contributed by atoms with E-state index in [4.69, 9.17) is 0 Å². The molecule has 0 aliphatic carbocycles. The van der Waals surface area contributed by atoms with Gasteiger partial charge in [-0.25, -0.2) is 4.39 Å². The van der Waals surface area contributed by atoms with Crippen molar-refractivity contribution < 1.29 is 14.3 Å². The van der Waals surface area contributed by atoms with Crippen LogP contribution in [0.25, 0.3) is 0 Å². The maximum absolute atomic E-state index is 13.0. The average Bonchev–Trinajstić information content (AvgIpc) is 2.42. The summed E-state index contributed by atoms with van der Waals surface area (Å²) < 4.78 is 13.0. The van der Waals surface area contributed by atoms with Crippen LogP contribution in [0.4, 0.5) is 4.39 Å². The lowest BCUT2D eigenvalue weighted by Crippen LogP contribution is -2.47. The number of rotatable bonds is 4. The zero-order valence-electron chi connectivity index (χ0n) is 12.1. The molecule has 1 aliphatic heterocycles. The first-order valence-corrected chi connectivity index (χ1v) is 7.19. The summed E-state index contributed by atoms with van der Waals surface area (Å²) in [5.74, 6) is -0.964. The molecule has 0 bridgehead atoms. The number of nitrogens with zero attached hydrogens (tertiary/aromatic N) is 1. The number of benzene rings is 1. The van der Waals surface area contributed by atoms with E-state index in [1.54, 1.807) is 12.1 Å². The van der Waals surface area contributed by atoms with E-state index >= 15 is 0 Å². The molecule has 2 rings (SSSR count). The van der Waals surface area contributed by atoms with Gasteiger partial charge in [-0.2, -0.15) is 0 Å². The minimum atomic E-state index is -0.726.